The SMILES string of the molecule is O=C(Cn1cnc2ccccc2c1=O)N[C@H](Cc1c[nH]c2ccccc12)C(=O)O. The van der Waals surface area contributed by atoms with Gasteiger partial charge in [0.2, 0.25) is 5.91 Å². The molecule has 4 rings (SSSR count). The number of aromatic nitrogens is 3. The van der Waals surface area contributed by atoms with Crippen molar-refractivity contribution >= 4 is 33.7 Å². The fraction of sp³-hybridized carbons (Fsp3) is 0.143. The highest BCUT2D eigenvalue weighted by molar-refractivity contribution is 5.87. The fourth-order valence-electron chi connectivity index (χ4n) is 3.33. The number of nitrogens with one attached hydrogen (secondary N) is 2. The van der Waals surface area contributed by atoms with E-state index in [2.05, 4.69) is 15.3 Å². The number of hydrogen-bond donors (Lipinski definition) is 3. The topological polar surface area (TPSA) is 117 Å². The molecule has 2 aromatic carbocycles. The molecular formula is C21H18N4O4. The zero-order valence-corrected chi connectivity index (χ0v) is 15.3. The van der Waals surface area contributed by atoms with Gasteiger partial charge in [0.25, 0.3) is 5.56 Å². The number of carbonyl (C=O) groups excluding carboxylic acids is 1. The Morgan fingerprint density at radius 1 is 1.10 bits per heavy atom. The first kappa shape index (κ1) is 18.4. The minimum absolute atomic E-state index is 0.121. The van der Waals surface area contributed by atoms with Crippen molar-refractivity contribution in [2.24, 2.45) is 0 Å². The molecule has 0 saturated heterocycles. The van der Waals surface area contributed by atoms with Crippen LogP contribution in [0.2, 0.25) is 0 Å². The number of rotatable bonds is 6. The summed E-state index contributed by atoms with van der Waals surface area (Å²) in [6.45, 7) is -0.311. The van der Waals surface area contributed by atoms with Crippen molar-refractivity contribution in [3.05, 3.63) is 77.0 Å². The number of nitrogens with zero attached hydrogens (tertiary/aromatic N) is 2. The van der Waals surface area contributed by atoms with Crippen LogP contribution in [0.5, 0.6) is 0 Å². The molecule has 4 aromatic rings. The second-order valence-corrected chi connectivity index (χ2v) is 6.72. The standard InChI is InChI=1S/C21H18N4O4/c26-19(11-25-12-23-17-8-4-2-6-15(17)20(25)27)24-18(21(28)29)9-13-10-22-16-7-3-1-5-14(13)16/h1-8,10,12,18,22H,9,11H2,(H,24,26)(H,28,29)/t18-/m1/s1. The predicted octanol–water partition coefficient (Wildman–Crippen LogP) is 1.69. The van der Waals surface area contributed by atoms with E-state index < -0.39 is 17.9 Å². The lowest BCUT2D eigenvalue weighted by Gasteiger charge is -2.15. The Kier molecular flexibility index (Phi) is 4.82. The number of H-pyrrole nitrogens is 1. The van der Waals surface area contributed by atoms with Gasteiger partial charge in [-0.2, -0.15) is 0 Å². The minimum atomic E-state index is -1.15. The highest BCUT2D eigenvalue weighted by atomic mass is 16.4. The van der Waals surface area contributed by atoms with Crippen LogP contribution < -0.4 is 10.9 Å². The summed E-state index contributed by atoms with van der Waals surface area (Å²) in [5.74, 6) is -1.72. The van der Waals surface area contributed by atoms with Gasteiger partial charge in [0.05, 0.1) is 17.2 Å². The normalized spacial score (nSPS) is 12.1. The van der Waals surface area contributed by atoms with E-state index in [0.29, 0.717) is 10.9 Å². The smallest absolute Gasteiger partial charge is 0.326 e. The van der Waals surface area contributed by atoms with Gasteiger partial charge >= 0.3 is 5.97 Å². The van der Waals surface area contributed by atoms with Crippen molar-refractivity contribution in [3.63, 3.8) is 0 Å². The molecule has 0 saturated carbocycles. The number of fused-ring (bicyclic) bond motifs is 2. The summed E-state index contributed by atoms with van der Waals surface area (Å²) >= 11 is 0. The van der Waals surface area contributed by atoms with Gasteiger partial charge < -0.3 is 15.4 Å². The van der Waals surface area contributed by atoms with E-state index in [1.807, 2.05) is 24.3 Å². The summed E-state index contributed by atoms with van der Waals surface area (Å²) in [4.78, 5) is 43.9. The summed E-state index contributed by atoms with van der Waals surface area (Å²) < 4.78 is 1.17. The lowest BCUT2D eigenvalue weighted by Crippen LogP contribution is -2.44. The number of hydrogen-bond acceptors (Lipinski definition) is 4. The first-order valence-electron chi connectivity index (χ1n) is 9.04. The Hall–Kier alpha value is -3.94. The van der Waals surface area contributed by atoms with Crippen molar-refractivity contribution < 1.29 is 14.7 Å². The third-order valence-corrected chi connectivity index (χ3v) is 4.78. The molecule has 0 bridgehead atoms. The van der Waals surface area contributed by atoms with Crippen LogP contribution >= 0.6 is 0 Å². The van der Waals surface area contributed by atoms with E-state index in [-0.39, 0.29) is 18.5 Å². The fourth-order valence-corrected chi connectivity index (χ4v) is 3.33. The summed E-state index contributed by atoms with van der Waals surface area (Å²) in [7, 11) is 0. The first-order chi connectivity index (χ1) is 14.0. The number of aliphatic carboxylic acids is 1. The van der Waals surface area contributed by atoms with Crippen LogP contribution in [-0.4, -0.2) is 37.6 Å². The molecule has 146 valence electrons. The first-order valence-corrected chi connectivity index (χ1v) is 9.04. The van der Waals surface area contributed by atoms with Crippen molar-refractivity contribution in [1.82, 2.24) is 19.9 Å². The zero-order chi connectivity index (χ0) is 20.4. The van der Waals surface area contributed by atoms with E-state index in [0.717, 1.165) is 16.5 Å². The van der Waals surface area contributed by atoms with Gasteiger partial charge in [-0.1, -0.05) is 30.3 Å². The third-order valence-electron chi connectivity index (χ3n) is 4.78. The maximum Gasteiger partial charge on any atom is 0.326 e. The number of para-hydroxylation sites is 2. The van der Waals surface area contributed by atoms with Gasteiger partial charge in [-0.25, -0.2) is 9.78 Å². The molecule has 8 nitrogen and oxygen atoms in total. The maximum atomic E-state index is 12.5. The van der Waals surface area contributed by atoms with E-state index in [4.69, 9.17) is 0 Å². The Morgan fingerprint density at radius 2 is 1.83 bits per heavy atom. The van der Waals surface area contributed by atoms with Crippen LogP contribution in [0.15, 0.2) is 65.8 Å². The molecule has 1 amide bonds. The molecule has 2 aromatic heterocycles. The molecule has 0 unspecified atom stereocenters. The van der Waals surface area contributed by atoms with Crippen molar-refractivity contribution in [3.8, 4) is 0 Å². The number of carboxylic acid groups (broad SMARTS) is 1. The average Bonchev–Trinajstić information content (AvgIpc) is 3.13. The number of carbonyl (C=O) groups is 2. The van der Waals surface area contributed by atoms with Crippen molar-refractivity contribution in [1.29, 1.82) is 0 Å². The molecule has 0 radical (unpaired) electrons. The highest BCUT2D eigenvalue weighted by Crippen LogP contribution is 2.19. The van der Waals surface area contributed by atoms with Crippen molar-refractivity contribution in [2.45, 2.75) is 19.0 Å². The molecular weight excluding hydrogens is 372 g/mol. The maximum absolute atomic E-state index is 12.5. The van der Waals surface area contributed by atoms with Gasteiger partial charge in [-0.15, -0.1) is 0 Å². The molecule has 0 aliphatic rings. The van der Waals surface area contributed by atoms with Crippen LogP contribution in [0.1, 0.15) is 5.56 Å². The van der Waals surface area contributed by atoms with Gasteiger partial charge in [0.15, 0.2) is 0 Å². The van der Waals surface area contributed by atoms with E-state index in [1.165, 1.54) is 10.9 Å². The lowest BCUT2D eigenvalue weighted by molar-refractivity contribution is -0.141. The van der Waals surface area contributed by atoms with Gasteiger partial charge in [0, 0.05) is 23.5 Å². The molecule has 0 spiro atoms. The molecule has 0 fully saturated rings. The largest absolute Gasteiger partial charge is 0.480 e. The van der Waals surface area contributed by atoms with Crippen LogP contribution in [0.25, 0.3) is 21.8 Å². The summed E-state index contributed by atoms with van der Waals surface area (Å²) in [5.41, 5.74) is 1.87. The summed E-state index contributed by atoms with van der Waals surface area (Å²) in [6.07, 6.45) is 3.15. The molecule has 3 N–H and O–H groups in total. The number of benzene rings is 2. The van der Waals surface area contributed by atoms with Gasteiger partial charge in [0.1, 0.15) is 12.6 Å². The van der Waals surface area contributed by atoms with E-state index in [1.54, 1.807) is 30.5 Å². The summed E-state index contributed by atoms with van der Waals surface area (Å²) in [6, 6.07) is 13.3. The number of amides is 1. The number of carboxylic acids is 1. The summed E-state index contributed by atoms with van der Waals surface area (Å²) in [5, 5.41) is 13.4. The van der Waals surface area contributed by atoms with Crippen LogP contribution in [0.4, 0.5) is 0 Å². The Balaban J connectivity index is 1.52. The average molecular weight is 390 g/mol. The molecule has 0 aliphatic carbocycles. The second kappa shape index (κ2) is 7.59. The Bertz CT molecular complexity index is 1270. The van der Waals surface area contributed by atoms with Gasteiger partial charge in [-0.05, 0) is 23.8 Å². The third kappa shape index (κ3) is 3.73. The van der Waals surface area contributed by atoms with Crippen LogP contribution in [-0.2, 0) is 22.6 Å². The quantitative estimate of drug-likeness (QED) is 0.463. The van der Waals surface area contributed by atoms with Gasteiger partial charge in [-0.3, -0.25) is 14.2 Å². The Labute approximate surface area is 164 Å². The monoisotopic (exact) mass is 390 g/mol. The molecule has 29 heavy (non-hydrogen) atoms. The van der Waals surface area contributed by atoms with Crippen LogP contribution in [0, 0.1) is 0 Å². The molecule has 0 aliphatic heterocycles. The highest BCUT2D eigenvalue weighted by Gasteiger charge is 2.22. The molecule has 8 heteroatoms. The minimum Gasteiger partial charge on any atom is -0.480 e. The predicted molar refractivity (Wildman–Crippen MR) is 108 cm³/mol. The Morgan fingerprint density at radius 3 is 2.62 bits per heavy atom. The number of aromatic amines is 1. The van der Waals surface area contributed by atoms with Crippen LogP contribution in [0.3, 0.4) is 0 Å². The molecule has 1 atom stereocenters. The van der Waals surface area contributed by atoms with Crippen molar-refractivity contribution in [2.75, 3.05) is 0 Å². The zero-order valence-electron chi connectivity index (χ0n) is 15.3. The van der Waals surface area contributed by atoms with E-state index in [9.17, 15) is 19.5 Å². The molecule has 2 heterocycles. The van der Waals surface area contributed by atoms with E-state index >= 15 is 0 Å². The second-order valence-electron chi connectivity index (χ2n) is 6.72. The lowest BCUT2D eigenvalue weighted by atomic mass is 10.0.